The second-order valence-corrected chi connectivity index (χ2v) is 7.69. The molecule has 0 spiro atoms. The number of hydrogen-bond acceptors (Lipinski definition) is 5. The molecule has 1 heterocycles. The number of ether oxygens (including phenoxy) is 1. The SMILES string of the molecule is O=C(O)COc1ccc(NC(=O)CCN2CCCS2(=O)=O)cc1Cl. The van der Waals surface area contributed by atoms with Crippen molar-refractivity contribution in [2.75, 3.05) is 30.8 Å². The van der Waals surface area contributed by atoms with Crippen LogP contribution in [0.25, 0.3) is 0 Å². The molecule has 1 aliphatic rings. The Hall–Kier alpha value is -1.84. The smallest absolute Gasteiger partial charge is 0.341 e. The van der Waals surface area contributed by atoms with E-state index in [1.54, 1.807) is 0 Å². The van der Waals surface area contributed by atoms with Gasteiger partial charge in [0.2, 0.25) is 15.9 Å². The zero-order valence-electron chi connectivity index (χ0n) is 12.7. The molecule has 0 aromatic heterocycles. The van der Waals surface area contributed by atoms with Gasteiger partial charge in [-0.2, -0.15) is 0 Å². The number of amides is 1. The highest BCUT2D eigenvalue weighted by Crippen LogP contribution is 2.27. The fraction of sp³-hybridized carbons (Fsp3) is 0.429. The van der Waals surface area contributed by atoms with Crippen molar-refractivity contribution in [1.82, 2.24) is 4.31 Å². The van der Waals surface area contributed by atoms with Gasteiger partial charge in [0.25, 0.3) is 0 Å². The Bertz CT molecular complexity index is 737. The van der Waals surface area contributed by atoms with Crippen LogP contribution >= 0.6 is 11.6 Å². The molecule has 0 unspecified atom stereocenters. The minimum atomic E-state index is -3.21. The third kappa shape index (κ3) is 5.08. The van der Waals surface area contributed by atoms with Crippen molar-refractivity contribution in [3.05, 3.63) is 23.2 Å². The predicted octanol–water partition coefficient (Wildman–Crippen LogP) is 1.17. The zero-order valence-corrected chi connectivity index (χ0v) is 14.3. The summed E-state index contributed by atoms with van der Waals surface area (Å²) in [7, 11) is -3.21. The summed E-state index contributed by atoms with van der Waals surface area (Å²) in [6.45, 7) is 0.0640. The Morgan fingerprint density at radius 2 is 2.12 bits per heavy atom. The van der Waals surface area contributed by atoms with E-state index in [2.05, 4.69) is 5.32 Å². The molecule has 1 saturated heterocycles. The molecule has 0 atom stereocenters. The van der Waals surface area contributed by atoms with Crippen LogP contribution in [-0.4, -0.2) is 55.2 Å². The van der Waals surface area contributed by atoms with Crippen molar-refractivity contribution in [1.29, 1.82) is 0 Å². The average molecular weight is 377 g/mol. The van der Waals surface area contributed by atoms with Crippen molar-refractivity contribution in [3.63, 3.8) is 0 Å². The van der Waals surface area contributed by atoms with Gasteiger partial charge in [0, 0.05) is 25.2 Å². The van der Waals surface area contributed by atoms with Gasteiger partial charge < -0.3 is 15.2 Å². The third-order valence-electron chi connectivity index (χ3n) is 3.36. The summed E-state index contributed by atoms with van der Waals surface area (Å²) < 4.78 is 29.6. The minimum absolute atomic E-state index is 0.0358. The third-order valence-corrected chi connectivity index (χ3v) is 5.61. The first-order valence-corrected chi connectivity index (χ1v) is 9.18. The largest absolute Gasteiger partial charge is 0.480 e. The van der Waals surface area contributed by atoms with Gasteiger partial charge in [0.15, 0.2) is 6.61 Å². The van der Waals surface area contributed by atoms with E-state index in [1.165, 1.54) is 22.5 Å². The van der Waals surface area contributed by atoms with Gasteiger partial charge in [-0.15, -0.1) is 0 Å². The van der Waals surface area contributed by atoms with Crippen LogP contribution in [0, 0.1) is 0 Å². The van der Waals surface area contributed by atoms with Crippen molar-refractivity contribution in [2.45, 2.75) is 12.8 Å². The molecule has 1 aromatic rings. The lowest BCUT2D eigenvalue weighted by atomic mass is 10.3. The number of sulfonamides is 1. The lowest BCUT2D eigenvalue weighted by molar-refractivity contribution is -0.139. The molecule has 2 rings (SSSR count). The second-order valence-electron chi connectivity index (χ2n) is 5.19. The molecular weight excluding hydrogens is 360 g/mol. The van der Waals surface area contributed by atoms with Crippen molar-refractivity contribution >= 4 is 39.2 Å². The fourth-order valence-electron chi connectivity index (χ4n) is 2.23. The van der Waals surface area contributed by atoms with Crippen LogP contribution < -0.4 is 10.1 Å². The van der Waals surface area contributed by atoms with Gasteiger partial charge in [0.1, 0.15) is 5.75 Å². The quantitative estimate of drug-likeness (QED) is 0.738. The minimum Gasteiger partial charge on any atom is -0.480 e. The molecule has 0 radical (unpaired) electrons. The Morgan fingerprint density at radius 1 is 1.38 bits per heavy atom. The Morgan fingerprint density at radius 3 is 2.71 bits per heavy atom. The number of nitrogens with zero attached hydrogens (tertiary/aromatic N) is 1. The maximum Gasteiger partial charge on any atom is 0.341 e. The normalized spacial score (nSPS) is 16.7. The lowest BCUT2D eigenvalue weighted by Gasteiger charge is -2.14. The molecule has 1 aromatic carbocycles. The average Bonchev–Trinajstić information content (AvgIpc) is 2.82. The number of carboxylic acid groups (broad SMARTS) is 1. The molecule has 0 bridgehead atoms. The van der Waals surface area contributed by atoms with E-state index < -0.39 is 22.6 Å². The maximum atomic E-state index is 11.9. The van der Waals surface area contributed by atoms with Gasteiger partial charge in [0.05, 0.1) is 10.8 Å². The summed E-state index contributed by atoms with van der Waals surface area (Å²) in [5.74, 6) is -1.14. The summed E-state index contributed by atoms with van der Waals surface area (Å²) in [4.78, 5) is 22.4. The topological polar surface area (TPSA) is 113 Å². The summed E-state index contributed by atoms with van der Waals surface area (Å²) in [6, 6.07) is 4.41. The van der Waals surface area contributed by atoms with E-state index in [0.717, 1.165) is 0 Å². The van der Waals surface area contributed by atoms with Gasteiger partial charge in [-0.1, -0.05) is 11.6 Å². The number of carbonyl (C=O) groups excluding carboxylic acids is 1. The summed E-state index contributed by atoms with van der Waals surface area (Å²) in [5.41, 5.74) is 0.414. The molecule has 132 valence electrons. The molecule has 0 saturated carbocycles. The van der Waals surface area contributed by atoms with E-state index in [9.17, 15) is 18.0 Å². The zero-order chi connectivity index (χ0) is 17.7. The maximum absolute atomic E-state index is 11.9. The Kier molecular flexibility index (Phi) is 6.03. The summed E-state index contributed by atoms with van der Waals surface area (Å²) in [5, 5.41) is 11.3. The molecule has 1 aliphatic heterocycles. The first-order chi connectivity index (χ1) is 11.3. The number of hydrogen-bond donors (Lipinski definition) is 2. The standard InChI is InChI=1S/C14H17ClN2O6S/c15-11-8-10(2-3-12(11)23-9-14(19)20)16-13(18)4-6-17-5-1-7-24(17,21)22/h2-3,8H,1,4-7,9H2,(H,16,18)(H,19,20). The number of carbonyl (C=O) groups is 2. The molecule has 8 nitrogen and oxygen atoms in total. The molecule has 1 amide bonds. The van der Waals surface area contributed by atoms with E-state index in [4.69, 9.17) is 21.4 Å². The molecule has 10 heteroatoms. The van der Waals surface area contributed by atoms with Crippen LogP contribution in [0.3, 0.4) is 0 Å². The van der Waals surface area contributed by atoms with Crippen LogP contribution in [-0.2, 0) is 19.6 Å². The van der Waals surface area contributed by atoms with Crippen molar-refractivity contribution in [2.24, 2.45) is 0 Å². The van der Waals surface area contributed by atoms with Crippen LogP contribution in [0.1, 0.15) is 12.8 Å². The highest BCUT2D eigenvalue weighted by Gasteiger charge is 2.28. The van der Waals surface area contributed by atoms with Crippen LogP contribution in [0.5, 0.6) is 5.75 Å². The molecule has 0 aliphatic carbocycles. The second kappa shape index (κ2) is 7.82. The number of anilines is 1. The monoisotopic (exact) mass is 376 g/mol. The Balaban J connectivity index is 1.87. The molecule has 2 N–H and O–H groups in total. The first-order valence-electron chi connectivity index (χ1n) is 7.20. The van der Waals surface area contributed by atoms with E-state index >= 15 is 0 Å². The van der Waals surface area contributed by atoms with Crippen molar-refractivity contribution in [3.8, 4) is 5.75 Å². The van der Waals surface area contributed by atoms with Gasteiger partial charge in [-0.3, -0.25) is 4.79 Å². The van der Waals surface area contributed by atoms with Crippen LogP contribution in [0.15, 0.2) is 18.2 Å². The number of rotatable bonds is 7. The summed E-state index contributed by atoms with van der Waals surface area (Å²) in [6.07, 6.45) is 0.617. The number of carboxylic acids is 1. The predicted molar refractivity (Wildman–Crippen MR) is 87.8 cm³/mol. The molecular formula is C14H17ClN2O6S. The summed E-state index contributed by atoms with van der Waals surface area (Å²) >= 11 is 5.96. The van der Waals surface area contributed by atoms with E-state index in [-0.39, 0.29) is 35.4 Å². The Labute approximate surface area is 144 Å². The van der Waals surface area contributed by atoms with Gasteiger partial charge in [-0.05, 0) is 24.6 Å². The highest BCUT2D eigenvalue weighted by molar-refractivity contribution is 7.89. The number of nitrogens with one attached hydrogen (secondary N) is 1. The molecule has 24 heavy (non-hydrogen) atoms. The fourth-order valence-corrected chi connectivity index (χ4v) is 3.99. The lowest BCUT2D eigenvalue weighted by Crippen LogP contribution is -2.29. The van der Waals surface area contributed by atoms with E-state index in [1.807, 2.05) is 0 Å². The first kappa shape index (κ1) is 18.5. The molecule has 1 fully saturated rings. The highest BCUT2D eigenvalue weighted by atomic mass is 35.5. The number of aliphatic carboxylic acids is 1. The number of halogens is 1. The number of benzene rings is 1. The van der Waals surface area contributed by atoms with Crippen LogP contribution in [0.4, 0.5) is 5.69 Å². The van der Waals surface area contributed by atoms with Crippen LogP contribution in [0.2, 0.25) is 5.02 Å². The van der Waals surface area contributed by atoms with E-state index in [0.29, 0.717) is 18.7 Å². The van der Waals surface area contributed by atoms with Gasteiger partial charge >= 0.3 is 5.97 Å². The van der Waals surface area contributed by atoms with Crippen molar-refractivity contribution < 1.29 is 27.9 Å². The van der Waals surface area contributed by atoms with Gasteiger partial charge in [-0.25, -0.2) is 17.5 Å².